The molecule has 44 heavy (non-hydrogen) atoms. The molecule has 0 unspecified atom stereocenters. The van der Waals surface area contributed by atoms with Crippen LogP contribution in [-0.2, 0) is 31.8 Å². The van der Waals surface area contributed by atoms with E-state index < -0.39 is 32.2 Å². The van der Waals surface area contributed by atoms with Crippen molar-refractivity contribution in [2.45, 2.75) is 117 Å². The number of aliphatic hydroxyl groups is 1. The molecule has 7 heteroatoms. The predicted octanol–water partition coefficient (Wildman–Crippen LogP) is 7.05. The highest BCUT2D eigenvalue weighted by Crippen LogP contribution is 2.71. The number of hydrogen-bond donors (Lipinski definition) is 1. The van der Waals surface area contributed by atoms with Crippen molar-refractivity contribution in [3.05, 3.63) is 71.8 Å². The van der Waals surface area contributed by atoms with Crippen molar-refractivity contribution < 1.29 is 23.9 Å². The molecule has 0 aromatic heterocycles. The Morgan fingerprint density at radius 2 is 1.55 bits per heavy atom. The second-order valence-electron chi connectivity index (χ2n) is 15.4. The first kappa shape index (κ1) is 34.5. The molecular weight excluding hydrogens is 566 g/mol. The molecule has 4 rings (SSSR count). The SMILES string of the molecule is CC(C)[C@H](OCc1ccccc1)C(=O)N(C)[C@@H](Cc1ccccc1)[C@H](O)CC(=O)[C@@]1(O[Si](C)(C)C)C[C@H]2CC[C@]1(C)C2(C)C. The molecule has 0 spiro atoms. The van der Waals surface area contributed by atoms with Gasteiger partial charge in [0.2, 0.25) is 0 Å². The standard InChI is InChI=1S/C37H55NO5Si/c1-26(2)33(42-25-28-18-14-11-15-19-28)34(41)38(6)30(22-27-16-12-10-13-17-27)31(39)23-32(40)37(43-44(7,8)9)24-29-20-21-36(37,5)35(29,3)4/h10-19,26,29-31,33,39H,20-25H2,1-9H3/t29-,30+,31-,33+,36-,37+/m1/s1. The van der Waals surface area contributed by atoms with Gasteiger partial charge in [0, 0.05) is 18.9 Å². The van der Waals surface area contributed by atoms with Gasteiger partial charge in [-0.15, -0.1) is 0 Å². The molecule has 0 radical (unpaired) electrons. The van der Waals surface area contributed by atoms with Gasteiger partial charge in [-0.25, -0.2) is 0 Å². The Labute approximate surface area is 266 Å². The van der Waals surface area contributed by atoms with Crippen LogP contribution in [0.5, 0.6) is 0 Å². The lowest BCUT2D eigenvalue weighted by Crippen LogP contribution is -2.60. The molecule has 0 saturated heterocycles. The van der Waals surface area contributed by atoms with Crippen LogP contribution in [0, 0.1) is 22.7 Å². The Morgan fingerprint density at radius 3 is 2.02 bits per heavy atom. The molecule has 1 N–H and O–H groups in total. The van der Waals surface area contributed by atoms with Crippen LogP contribution < -0.4 is 0 Å². The molecule has 2 aliphatic rings. The number of amides is 1. The van der Waals surface area contributed by atoms with Crippen LogP contribution in [0.3, 0.4) is 0 Å². The fourth-order valence-corrected chi connectivity index (χ4v) is 9.42. The number of aliphatic hydroxyl groups excluding tert-OH is 1. The first-order valence-electron chi connectivity index (χ1n) is 16.4. The first-order chi connectivity index (χ1) is 20.5. The Kier molecular flexibility index (Phi) is 10.4. The van der Waals surface area contributed by atoms with Crippen molar-refractivity contribution in [3.8, 4) is 0 Å². The number of nitrogens with zero attached hydrogens (tertiary/aromatic N) is 1. The lowest BCUT2D eigenvalue weighted by atomic mass is 9.62. The Morgan fingerprint density at radius 1 is 0.977 bits per heavy atom. The minimum absolute atomic E-state index is 0.0233. The van der Waals surface area contributed by atoms with Gasteiger partial charge in [-0.2, -0.15) is 0 Å². The van der Waals surface area contributed by atoms with Gasteiger partial charge in [0.15, 0.2) is 14.1 Å². The third kappa shape index (κ3) is 6.76. The number of likely N-dealkylation sites (N-methyl/N-ethyl adjacent to an activating group) is 1. The van der Waals surface area contributed by atoms with Gasteiger partial charge < -0.3 is 19.2 Å². The van der Waals surface area contributed by atoms with Crippen LogP contribution in [-0.4, -0.2) is 60.9 Å². The number of rotatable bonds is 14. The predicted molar refractivity (Wildman–Crippen MR) is 179 cm³/mol. The van der Waals surface area contributed by atoms with Gasteiger partial charge in [-0.05, 0) is 73.7 Å². The molecule has 6 nitrogen and oxygen atoms in total. The molecule has 2 fully saturated rings. The van der Waals surface area contributed by atoms with E-state index in [1.807, 2.05) is 74.5 Å². The average molecular weight is 622 g/mol. The van der Waals surface area contributed by atoms with Crippen LogP contribution in [0.4, 0.5) is 0 Å². The number of ether oxygens (including phenoxy) is 1. The summed E-state index contributed by atoms with van der Waals surface area (Å²) in [6, 6.07) is 19.1. The number of benzene rings is 2. The third-order valence-electron chi connectivity index (χ3n) is 10.9. The van der Waals surface area contributed by atoms with Crippen LogP contribution in [0.2, 0.25) is 19.6 Å². The molecule has 0 aliphatic heterocycles. The lowest BCUT2D eigenvalue weighted by molar-refractivity contribution is -0.157. The summed E-state index contributed by atoms with van der Waals surface area (Å²) < 4.78 is 13.1. The minimum Gasteiger partial charge on any atom is -0.405 e. The maximum absolute atomic E-state index is 14.6. The summed E-state index contributed by atoms with van der Waals surface area (Å²) in [5.41, 5.74) is 0.714. The molecule has 2 saturated carbocycles. The molecule has 2 aromatic rings. The number of ketones is 1. The van der Waals surface area contributed by atoms with Gasteiger partial charge >= 0.3 is 0 Å². The van der Waals surface area contributed by atoms with Gasteiger partial charge in [0.25, 0.3) is 5.91 Å². The molecule has 2 aromatic carbocycles. The zero-order chi connectivity index (χ0) is 32.5. The largest absolute Gasteiger partial charge is 0.405 e. The highest BCUT2D eigenvalue weighted by atomic mass is 28.4. The van der Waals surface area contributed by atoms with Crippen molar-refractivity contribution in [3.63, 3.8) is 0 Å². The Balaban J connectivity index is 1.61. The average Bonchev–Trinajstić information content (AvgIpc) is 3.28. The number of hydrogen-bond acceptors (Lipinski definition) is 5. The van der Waals surface area contributed by atoms with E-state index in [0.717, 1.165) is 24.0 Å². The summed E-state index contributed by atoms with van der Waals surface area (Å²) in [7, 11) is -0.394. The van der Waals surface area contributed by atoms with Gasteiger partial charge in [0.05, 0.1) is 18.8 Å². The van der Waals surface area contributed by atoms with Crippen LogP contribution >= 0.6 is 0 Å². The smallest absolute Gasteiger partial charge is 0.252 e. The first-order valence-corrected chi connectivity index (χ1v) is 19.8. The highest BCUT2D eigenvalue weighted by molar-refractivity contribution is 6.70. The fourth-order valence-electron chi connectivity index (χ4n) is 7.95. The van der Waals surface area contributed by atoms with E-state index in [2.05, 4.69) is 40.4 Å². The Bertz CT molecular complexity index is 1280. The number of Topliss-reactive ketones (excluding diaryl/α,β-unsaturated/α-hetero) is 1. The normalized spacial score (nSPS) is 26.4. The Hall–Kier alpha value is -2.32. The monoisotopic (exact) mass is 621 g/mol. The van der Waals surface area contributed by atoms with Gasteiger partial charge in [0.1, 0.15) is 11.7 Å². The molecule has 0 heterocycles. The quantitative estimate of drug-likeness (QED) is 0.229. The van der Waals surface area contributed by atoms with Crippen molar-refractivity contribution >= 4 is 20.0 Å². The molecule has 2 bridgehead atoms. The van der Waals surface area contributed by atoms with Crippen LogP contribution in [0.25, 0.3) is 0 Å². The number of carbonyl (C=O) groups is 2. The lowest BCUT2D eigenvalue weighted by Gasteiger charge is -2.50. The van der Waals surface area contributed by atoms with E-state index in [1.54, 1.807) is 11.9 Å². The molecule has 242 valence electrons. The number of fused-ring (bicyclic) bond motifs is 2. The summed E-state index contributed by atoms with van der Waals surface area (Å²) >= 11 is 0. The topological polar surface area (TPSA) is 76.1 Å². The molecule has 2 aliphatic carbocycles. The summed E-state index contributed by atoms with van der Waals surface area (Å²) in [4.78, 5) is 30.3. The summed E-state index contributed by atoms with van der Waals surface area (Å²) in [5, 5.41) is 11.9. The van der Waals surface area contributed by atoms with Gasteiger partial charge in [-0.3, -0.25) is 9.59 Å². The summed E-state index contributed by atoms with van der Waals surface area (Å²) in [5.74, 6) is 0.117. The molecular formula is C37H55NO5Si. The second kappa shape index (κ2) is 13.2. The van der Waals surface area contributed by atoms with E-state index in [1.165, 1.54) is 0 Å². The van der Waals surface area contributed by atoms with E-state index in [-0.39, 0.29) is 34.9 Å². The zero-order valence-corrected chi connectivity index (χ0v) is 29.4. The molecule has 6 atom stereocenters. The second-order valence-corrected chi connectivity index (χ2v) is 19.8. The summed E-state index contributed by atoms with van der Waals surface area (Å²) in [6.07, 6.45) is 1.36. The fraction of sp³-hybridized carbons (Fsp3) is 0.622. The van der Waals surface area contributed by atoms with Crippen LogP contribution in [0.1, 0.15) is 71.4 Å². The third-order valence-corrected chi connectivity index (χ3v) is 11.8. The van der Waals surface area contributed by atoms with Crippen LogP contribution in [0.15, 0.2) is 60.7 Å². The maximum atomic E-state index is 14.6. The number of carbonyl (C=O) groups excluding carboxylic acids is 2. The van der Waals surface area contributed by atoms with Crippen molar-refractivity contribution in [2.75, 3.05) is 7.05 Å². The van der Waals surface area contributed by atoms with E-state index in [0.29, 0.717) is 25.4 Å². The van der Waals surface area contributed by atoms with Gasteiger partial charge in [-0.1, -0.05) is 95.3 Å². The van der Waals surface area contributed by atoms with E-state index >= 15 is 0 Å². The van der Waals surface area contributed by atoms with Crippen molar-refractivity contribution in [2.24, 2.45) is 22.7 Å². The van der Waals surface area contributed by atoms with E-state index in [9.17, 15) is 14.7 Å². The zero-order valence-electron chi connectivity index (χ0n) is 28.4. The summed E-state index contributed by atoms with van der Waals surface area (Å²) in [6.45, 7) is 17.5. The molecule has 1 amide bonds. The van der Waals surface area contributed by atoms with E-state index in [4.69, 9.17) is 9.16 Å². The highest BCUT2D eigenvalue weighted by Gasteiger charge is 2.72. The van der Waals surface area contributed by atoms with Crippen molar-refractivity contribution in [1.82, 2.24) is 4.90 Å². The minimum atomic E-state index is -2.13. The maximum Gasteiger partial charge on any atom is 0.252 e. The van der Waals surface area contributed by atoms with Crippen molar-refractivity contribution in [1.29, 1.82) is 0 Å².